The second kappa shape index (κ2) is 7.78. The molecule has 170 valence electrons. The van der Waals surface area contributed by atoms with Gasteiger partial charge in [-0.05, 0) is 11.6 Å². The van der Waals surface area contributed by atoms with E-state index in [9.17, 15) is 19.7 Å². The first-order valence-electron chi connectivity index (χ1n) is 11.1. The van der Waals surface area contributed by atoms with E-state index in [2.05, 4.69) is 10.2 Å². The van der Waals surface area contributed by atoms with Crippen LogP contribution < -0.4 is 5.32 Å². The number of hydrogen-bond acceptors (Lipinski definition) is 6. The second-order valence-corrected chi connectivity index (χ2v) is 9.89. The lowest BCUT2D eigenvalue weighted by Crippen LogP contribution is -2.52. The van der Waals surface area contributed by atoms with Crippen LogP contribution in [0.2, 0.25) is 0 Å². The van der Waals surface area contributed by atoms with E-state index in [-0.39, 0.29) is 29.3 Å². The van der Waals surface area contributed by atoms with Gasteiger partial charge in [0.05, 0.1) is 10.8 Å². The lowest BCUT2D eigenvalue weighted by molar-refractivity contribution is -0.384. The summed E-state index contributed by atoms with van der Waals surface area (Å²) in [5.74, 6) is 0.174. The van der Waals surface area contributed by atoms with E-state index >= 15 is 0 Å². The molecule has 0 saturated carbocycles. The van der Waals surface area contributed by atoms with Gasteiger partial charge in [0.1, 0.15) is 5.54 Å². The molecule has 4 unspecified atom stereocenters. The number of anilines is 1. The summed E-state index contributed by atoms with van der Waals surface area (Å²) in [6.07, 6.45) is 0. The molecule has 34 heavy (non-hydrogen) atoms. The van der Waals surface area contributed by atoms with E-state index in [1.54, 1.807) is 36.0 Å². The summed E-state index contributed by atoms with van der Waals surface area (Å²) in [4.78, 5) is 41.1. The average molecular weight is 472 g/mol. The first kappa shape index (κ1) is 21.1. The lowest BCUT2D eigenvalue weighted by Gasteiger charge is -2.36. The van der Waals surface area contributed by atoms with Crippen LogP contribution in [0.4, 0.5) is 11.4 Å². The minimum atomic E-state index is -1.13. The Labute approximate surface area is 200 Å². The number of rotatable bonds is 4. The topological polar surface area (TPSA) is 92.5 Å². The van der Waals surface area contributed by atoms with E-state index in [4.69, 9.17) is 0 Å². The Morgan fingerprint density at radius 1 is 1.03 bits per heavy atom. The van der Waals surface area contributed by atoms with Gasteiger partial charge in [0.15, 0.2) is 5.78 Å². The molecule has 0 aromatic heterocycles. The highest BCUT2D eigenvalue weighted by atomic mass is 32.2. The van der Waals surface area contributed by atoms with Crippen molar-refractivity contribution in [2.24, 2.45) is 5.92 Å². The minimum Gasteiger partial charge on any atom is -0.324 e. The normalized spacial score (nSPS) is 27.4. The summed E-state index contributed by atoms with van der Waals surface area (Å²) in [7, 11) is 0. The molecule has 6 rings (SSSR count). The van der Waals surface area contributed by atoms with Crippen molar-refractivity contribution >= 4 is 34.8 Å². The molecule has 3 aromatic carbocycles. The number of thioether (sulfide) groups is 1. The van der Waals surface area contributed by atoms with Crippen LogP contribution in [-0.4, -0.2) is 39.2 Å². The number of nitro benzene ring substituents is 1. The van der Waals surface area contributed by atoms with E-state index in [0.717, 1.165) is 22.6 Å². The Morgan fingerprint density at radius 2 is 1.74 bits per heavy atom. The van der Waals surface area contributed by atoms with Crippen LogP contribution in [0.5, 0.6) is 0 Å². The Kier molecular flexibility index (Phi) is 4.82. The van der Waals surface area contributed by atoms with Crippen molar-refractivity contribution in [2.75, 3.05) is 16.9 Å². The highest BCUT2D eigenvalue weighted by Crippen LogP contribution is 2.61. The molecule has 2 saturated heterocycles. The highest BCUT2D eigenvalue weighted by molar-refractivity contribution is 7.99. The van der Waals surface area contributed by atoms with E-state index in [1.165, 1.54) is 12.1 Å². The van der Waals surface area contributed by atoms with Crippen molar-refractivity contribution in [2.45, 2.75) is 17.5 Å². The molecule has 4 atom stereocenters. The molecule has 8 heteroatoms. The van der Waals surface area contributed by atoms with Gasteiger partial charge in [-0.2, -0.15) is 0 Å². The van der Waals surface area contributed by atoms with Gasteiger partial charge in [0, 0.05) is 52.5 Å². The fraction of sp³-hybridized carbons (Fsp3) is 0.231. The second-order valence-electron chi connectivity index (χ2n) is 8.89. The third-order valence-corrected chi connectivity index (χ3v) is 8.40. The fourth-order valence-corrected chi connectivity index (χ4v) is 7.33. The largest absolute Gasteiger partial charge is 0.324 e. The molecule has 3 heterocycles. The van der Waals surface area contributed by atoms with Crippen LogP contribution in [0.1, 0.15) is 27.4 Å². The third kappa shape index (κ3) is 2.82. The highest BCUT2D eigenvalue weighted by Gasteiger charge is 2.69. The van der Waals surface area contributed by atoms with Gasteiger partial charge >= 0.3 is 0 Å². The van der Waals surface area contributed by atoms with Crippen LogP contribution in [0.3, 0.4) is 0 Å². The van der Waals surface area contributed by atoms with Crippen LogP contribution in [0.25, 0.3) is 0 Å². The first-order chi connectivity index (χ1) is 16.5. The predicted molar refractivity (Wildman–Crippen MR) is 130 cm³/mol. The number of amides is 1. The summed E-state index contributed by atoms with van der Waals surface area (Å²) in [5.41, 5.74) is 1.83. The number of non-ortho nitro benzene ring substituents is 1. The van der Waals surface area contributed by atoms with Crippen molar-refractivity contribution in [3.63, 3.8) is 0 Å². The molecule has 0 bridgehead atoms. The van der Waals surface area contributed by atoms with E-state index < -0.39 is 16.4 Å². The maximum Gasteiger partial charge on any atom is 0.269 e. The summed E-state index contributed by atoms with van der Waals surface area (Å²) in [6, 6.07) is 23.1. The Hall–Kier alpha value is -3.49. The number of Topliss-reactive ketones (excluding diaryl/α,β-unsaturated/α-hetero) is 1. The molecule has 1 N–H and O–H groups in total. The molecule has 0 radical (unpaired) electrons. The number of ketones is 1. The molecular formula is C26H21N3O4S. The van der Waals surface area contributed by atoms with Gasteiger partial charge in [0.2, 0.25) is 5.91 Å². The van der Waals surface area contributed by atoms with Crippen molar-refractivity contribution in [1.29, 1.82) is 0 Å². The molecule has 3 aliphatic heterocycles. The molecule has 1 spiro atoms. The predicted octanol–water partition coefficient (Wildman–Crippen LogP) is 4.41. The molecule has 3 aliphatic rings. The van der Waals surface area contributed by atoms with Crippen molar-refractivity contribution in [3.8, 4) is 0 Å². The summed E-state index contributed by atoms with van der Waals surface area (Å²) < 4.78 is 0. The van der Waals surface area contributed by atoms with Crippen LogP contribution in [-0.2, 0) is 10.3 Å². The fourth-order valence-electron chi connectivity index (χ4n) is 6.01. The Bertz CT molecular complexity index is 1310. The van der Waals surface area contributed by atoms with Crippen molar-refractivity contribution in [3.05, 3.63) is 106 Å². The number of nitrogens with one attached hydrogen (secondary N) is 1. The first-order valence-corrected chi connectivity index (χ1v) is 12.3. The molecule has 1 amide bonds. The van der Waals surface area contributed by atoms with Gasteiger partial charge < -0.3 is 5.32 Å². The van der Waals surface area contributed by atoms with Gasteiger partial charge in [0.25, 0.3) is 5.69 Å². The zero-order chi connectivity index (χ0) is 23.4. The summed E-state index contributed by atoms with van der Waals surface area (Å²) >= 11 is 1.75. The van der Waals surface area contributed by atoms with Gasteiger partial charge in [-0.15, -0.1) is 11.8 Å². The molecule has 3 aromatic rings. The van der Waals surface area contributed by atoms with Gasteiger partial charge in [-0.1, -0.05) is 60.7 Å². The SMILES string of the molecule is O=C(c1ccccc1)C1C(c2ccc([N+](=O)[O-])cc2)C2CSCN2C12C(=O)Nc1ccccc12. The van der Waals surface area contributed by atoms with Crippen LogP contribution >= 0.6 is 11.8 Å². The zero-order valence-corrected chi connectivity index (χ0v) is 18.9. The number of nitro groups is 1. The quantitative estimate of drug-likeness (QED) is 0.344. The molecule has 2 fully saturated rings. The Balaban J connectivity index is 1.59. The lowest BCUT2D eigenvalue weighted by atomic mass is 9.69. The maximum absolute atomic E-state index is 14.2. The third-order valence-electron chi connectivity index (χ3n) is 7.36. The number of benzene rings is 3. The number of carbonyl (C=O) groups excluding carboxylic acids is 2. The standard InChI is InChI=1S/C26H21N3O4S/c30-24(17-6-2-1-3-7-17)23-22(16-10-12-18(13-11-16)29(32)33)21-14-34-15-28(21)26(23)19-8-4-5-9-20(19)27-25(26)31/h1-13,21-23H,14-15H2,(H,27,31). The monoisotopic (exact) mass is 471 g/mol. The molecule has 7 nitrogen and oxygen atoms in total. The molecular weight excluding hydrogens is 450 g/mol. The van der Waals surface area contributed by atoms with Crippen LogP contribution in [0.15, 0.2) is 78.9 Å². The van der Waals surface area contributed by atoms with E-state index in [1.807, 2.05) is 42.5 Å². The number of para-hydroxylation sites is 1. The number of hydrogen-bond donors (Lipinski definition) is 1. The van der Waals surface area contributed by atoms with Gasteiger partial charge in [-0.25, -0.2) is 0 Å². The summed E-state index contributed by atoms with van der Waals surface area (Å²) in [5, 5.41) is 14.3. The average Bonchev–Trinajstić information content (AvgIpc) is 3.52. The van der Waals surface area contributed by atoms with Crippen molar-refractivity contribution < 1.29 is 14.5 Å². The smallest absolute Gasteiger partial charge is 0.269 e. The summed E-state index contributed by atoms with van der Waals surface area (Å²) in [6.45, 7) is 0. The maximum atomic E-state index is 14.2. The number of carbonyl (C=O) groups is 2. The van der Waals surface area contributed by atoms with Gasteiger partial charge in [-0.3, -0.25) is 24.6 Å². The Morgan fingerprint density at radius 3 is 2.47 bits per heavy atom. The number of nitrogens with zero attached hydrogens (tertiary/aromatic N) is 2. The van der Waals surface area contributed by atoms with Crippen molar-refractivity contribution in [1.82, 2.24) is 4.90 Å². The van der Waals surface area contributed by atoms with E-state index in [0.29, 0.717) is 11.4 Å². The van der Waals surface area contributed by atoms with Crippen LogP contribution in [0, 0.1) is 16.0 Å². The molecule has 0 aliphatic carbocycles. The minimum absolute atomic E-state index is 0.00371. The number of fused-ring (bicyclic) bond motifs is 4. The zero-order valence-electron chi connectivity index (χ0n) is 18.1.